The second-order valence-electron chi connectivity index (χ2n) is 6.38. The molecule has 0 saturated heterocycles. The van der Waals surface area contributed by atoms with Crippen LogP contribution >= 0.6 is 0 Å². The second kappa shape index (κ2) is 6.56. The van der Waals surface area contributed by atoms with E-state index < -0.39 is 6.09 Å². The average molecular weight is 344 g/mol. The van der Waals surface area contributed by atoms with Crippen LogP contribution in [0.15, 0.2) is 79.1 Å². The van der Waals surface area contributed by atoms with Crippen molar-refractivity contribution in [1.29, 1.82) is 0 Å². The van der Waals surface area contributed by atoms with Crippen molar-refractivity contribution in [3.05, 3.63) is 90.4 Å². The van der Waals surface area contributed by atoms with Gasteiger partial charge in [0.2, 0.25) is 0 Å². The smallest absolute Gasteiger partial charge is 0.410 e. The summed E-state index contributed by atoms with van der Waals surface area (Å²) in [5.74, 6) is 0.652. The van der Waals surface area contributed by atoms with Gasteiger partial charge < -0.3 is 9.30 Å². The van der Waals surface area contributed by atoms with Gasteiger partial charge in [0.15, 0.2) is 0 Å². The minimum Gasteiger partial charge on any atom is -0.410 e. The summed E-state index contributed by atoms with van der Waals surface area (Å²) in [6.45, 7) is 2.15. The minimum atomic E-state index is -0.420. The van der Waals surface area contributed by atoms with Crippen LogP contribution in [0, 0.1) is 6.92 Å². The number of benzene rings is 2. The van der Waals surface area contributed by atoms with E-state index in [1.165, 1.54) is 27.1 Å². The first-order valence-corrected chi connectivity index (χ1v) is 8.61. The molecule has 3 aromatic rings. The number of amides is 1. The summed E-state index contributed by atoms with van der Waals surface area (Å²) in [7, 11) is 2.09. The number of aryl methyl sites for hydroxylation is 2. The summed E-state index contributed by atoms with van der Waals surface area (Å²) in [5.41, 5.74) is 3.71. The molecular formula is C22H20N2O2. The second-order valence-corrected chi connectivity index (χ2v) is 6.38. The van der Waals surface area contributed by atoms with Gasteiger partial charge in [-0.3, -0.25) is 4.90 Å². The lowest BCUT2D eigenvalue weighted by atomic mass is 9.99. The van der Waals surface area contributed by atoms with Gasteiger partial charge in [-0.25, -0.2) is 4.79 Å². The van der Waals surface area contributed by atoms with Crippen molar-refractivity contribution in [1.82, 2.24) is 9.47 Å². The highest BCUT2D eigenvalue weighted by atomic mass is 16.6. The first kappa shape index (κ1) is 16.2. The number of allylic oxidation sites excluding steroid dienone is 2. The molecule has 130 valence electrons. The van der Waals surface area contributed by atoms with Crippen LogP contribution in [0.2, 0.25) is 0 Å². The SMILES string of the molecule is Cc1c(C2C=CN(C(=O)Oc3ccccc3)C=C2)n(C)c2ccccc12. The molecule has 4 rings (SSSR count). The van der Waals surface area contributed by atoms with Crippen LogP contribution in [0.25, 0.3) is 10.9 Å². The topological polar surface area (TPSA) is 34.5 Å². The van der Waals surface area contributed by atoms with Crippen LogP contribution in [-0.4, -0.2) is 15.6 Å². The van der Waals surface area contributed by atoms with Crippen LogP contribution in [0.5, 0.6) is 5.75 Å². The number of nitrogens with zero attached hydrogens (tertiary/aromatic N) is 2. The summed E-state index contributed by atoms with van der Waals surface area (Å²) < 4.78 is 7.59. The van der Waals surface area contributed by atoms with Crippen molar-refractivity contribution in [3.8, 4) is 5.75 Å². The van der Waals surface area contributed by atoms with Gasteiger partial charge >= 0.3 is 6.09 Å². The van der Waals surface area contributed by atoms with Crippen molar-refractivity contribution in [2.45, 2.75) is 12.8 Å². The molecule has 0 aliphatic carbocycles. The highest BCUT2D eigenvalue weighted by Gasteiger charge is 2.21. The molecule has 0 N–H and O–H groups in total. The maximum Gasteiger partial charge on any atom is 0.423 e. The van der Waals surface area contributed by atoms with E-state index in [0.29, 0.717) is 5.75 Å². The van der Waals surface area contributed by atoms with Crippen molar-refractivity contribution >= 4 is 17.0 Å². The van der Waals surface area contributed by atoms with E-state index in [9.17, 15) is 4.79 Å². The highest BCUT2D eigenvalue weighted by molar-refractivity contribution is 5.85. The number of para-hydroxylation sites is 2. The average Bonchev–Trinajstić information content (AvgIpc) is 2.94. The lowest BCUT2D eigenvalue weighted by molar-refractivity contribution is 0.181. The monoisotopic (exact) mass is 344 g/mol. The number of rotatable bonds is 2. The summed E-state index contributed by atoms with van der Waals surface area (Å²) >= 11 is 0. The molecule has 0 saturated carbocycles. The van der Waals surface area contributed by atoms with E-state index in [0.717, 1.165) is 0 Å². The molecule has 0 fully saturated rings. The summed E-state index contributed by atoms with van der Waals surface area (Å²) in [6, 6.07) is 17.5. The predicted molar refractivity (Wildman–Crippen MR) is 103 cm³/mol. The maximum absolute atomic E-state index is 12.3. The number of carbonyl (C=O) groups excluding carboxylic acids is 1. The number of hydrogen-bond acceptors (Lipinski definition) is 2. The zero-order chi connectivity index (χ0) is 18.1. The zero-order valence-electron chi connectivity index (χ0n) is 14.8. The van der Waals surface area contributed by atoms with E-state index in [1.807, 2.05) is 30.4 Å². The molecule has 0 bridgehead atoms. The lowest BCUT2D eigenvalue weighted by Crippen LogP contribution is -2.25. The Kier molecular flexibility index (Phi) is 4.09. The molecular weight excluding hydrogens is 324 g/mol. The Morgan fingerprint density at radius 2 is 1.62 bits per heavy atom. The first-order valence-electron chi connectivity index (χ1n) is 8.61. The Hall–Kier alpha value is -3.27. The number of carbonyl (C=O) groups is 1. The molecule has 1 aromatic heterocycles. The van der Waals surface area contributed by atoms with E-state index in [-0.39, 0.29) is 5.92 Å². The largest absolute Gasteiger partial charge is 0.423 e. The van der Waals surface area contributed by atoms with E-state index in [4.69, 9.17) is 4.74 Å². The molecule has 4 heteroatoms. The molecule has 0 radical (unpaired) electrons. The summed E-state index contributed by atoms with van der Waals surface area (Å²) in [5, 5.41) is 1.26. The quantitative estimate of drug-likeness (QED) is 0.647. The molecule has 2 heterocycles. The molecule has 1 aliphatic heterocycles. The van der Waals surface area contributed by atoms with Crippen molar-refractivity contribution in [2.24, 2.45) is 7.05 Å². The van der Waals surface area contributed by atoms with Gasteiger partial charge in [0, 0.05) is 42.0 Å². The van der Waals surface area contributed by atoms with E-state index >= 15 is 0 Å². The van der Waals surface area contributed by atoms with E-state index in [2.05, 4.69) is 42.8 Å². The van der Waals surface area contributed by atoms with Gasteiger partial charge in [-0.1, -0.05) is 48.6 Å². The lowest BCUT2D eigenvalue weighted by Gasteiger charge is -2.21. The summed E-state index contributed by atoms with van der Waals surface area (Å²) in [6.07, 6.45) is 7.16. The van der Waals surface area contributed by atoms with Crippen molar-refractivity contribution < 1.29 is 9.53 Å². The molecule has 26 heavy (non-hydrogen) atoms. The third kappa shape index (κ3) is 2.80. The standard InChI is InChI=1S/C22H20N2O2/c1-16-19-10-6-7-11-20(19)23(2)21(16)17-12-14-24(15-13-17)22(25)26-18-8-4-3-5-9-18/h3-15,17H,1-2H3. The Morgan fingerprint density at radius 3 is 2.31 bits per heavy atom. The number of hydrogen-bond donors (Lipinski definition) is 0. The molecule has 0 unspecified atom stereocenters. The van der Waals surface area contributed by atoms with Crippen molar-refractivity contribution in [2.75, 3.05) is 0 Å². The predicted octanol–water partition coefficient (Wildman–Crippen LogP) is 5.11. The minimum absolute atomic E-state index is 0.119. The van der Waals surface area contributed by atoms with E-state index in [1.54, 1.807) is 24.5 Å². The first-order chi connectivity index (χ1) is 12.6. The fourth-order valence-electron chi connectivity index (χ4n) is 3.51. The molecule has 1 amide bonds. The Balaban J connectivity index is 1.55. The van der Waals surface area contributed by atoms with Gasteiger partial charge in [-0.2, -0.15) is 0 Å². The Morgan fingerprint density at radius 1 is 0.962 bits per heavy atom. The maximum atomic E-state index is 12.3. The van der Waals surface area contributed by atoms with Gasteiger partial charge in [-0.15, -0.1) is 0 Å². The third-order valence-corrected chi connectivity index (χ3v) is 4.80. The fourth-order valence-corrected chi connectivity index (χ4v) is 3.51. The number of fused-ring (bicyclic) bond motifs is 1. The third-order valence-electron chi connectivity index (χ3n) is 4.80. The number of aromatic nitrogens is 1. The Labute approximate surface area is 152 Å². The number of ether oxygens (including phenoxy) is 1. The molecule has 1 aliphatic rings. The Bertz CT molecular complexity index is 962. The fraction of sp³-hybridized carbons (Fsp3) is 0.136. The molecule has 0 spiro atoms. The van der Waals surface area contributed by atoms with Crippen LogP contribution in [0.3, 0.4) is 0 Å². The normalized spacial score (nSPS) is 14.2. The van der Waals surface area contributed by atoms with Gasteiger partial charge in [-0.05, 0) is 30.7 Å². The molecule has 4 nitrogen and oxygen atoms in total. The van der Waals surface area contributed by atoms with Crippen LogP contribution in [0.4, 0.5) is 4.79 Å². The van der Waals surface area contributed by atoms with Crippen LogP contribution in [0.1, 0.15) is 17.2 Å². The van der Waals surface area contributed by atoms with Gasteiger partial charge in [0.05, 0.1) is 0 Å². The van der Waals surface area contributed by atoms with Crippen molar-refractivity contribution in [3.63, 3.8) is 0 Å². The van der Waals surface area contributed by atoms with Crippen LogP contribution in [-0.2, 0) is 7.05 Å². The zero-order valence-corrected chi connectivity index (χ0v) is 14.8. The van der Waals surface area contributed by atoms with Crippen LogP contribution < -0.4 is 4.74 Å². The molecule has 0 atom stereocenters. The molecule has 2 aromatic carbocycles. The highest BCUT2D eigenvalue weighted by Crippen LogP contribution is 2.32. The summed E-state index contributed by atoms with van der Waals surface area (Å²) in [4.78, 5) is 13.7. The van der Waals surface area contributed by atoms with Gasteiger partial charge in [0.1, 0.15) is 5.75 Å². The van der Waals surface area contributed by atoms with Gasteiger partial charge in [0.25, 0.3) is 0 Å².